The minimum absolute atomic E-state index is 0.00991. The zero-order chi connectivity index (χ0) is 15.4. The third-order valence-electron chi connectivity index (χ3n) is 1.62. The Morgan fingerprint density at radius 1 is 1.21 bits per heavy atom. The van der Waals surface area contributed by atoms with Gasteiger partial charge in [0.1, 0.15) is 11.6 Å². The topological polar surface area (TPSA) is 62.2 Å². The standard InChI is InChI=1S/C10H9F2NO2.C2H6.CH3N/c1-6(15-2)10(14)13-9-4-7(11)3-8(12)5-9;2*1-2/h3-5H,1H2,2H3,(H,13,14);1-2H3;2H,1H2. The van der Waals surface area contributed by atoms with Gasteiger partial charge in [-0.05, 0) is 18.9 Å². The van der Waals surface area contributed by atoms with Crippen LogP contribution < -0.4 is 5.32 Å². The van der Waals surface area contributed by atoms with E-state index >= 15 is 0 Å². The third-order valence-corrected chi connectivity index (χ3v) is 1.62. The van der Waals surface area contributed by atoms with E-state index in [0.717, 1.165) is 12.1 Å². The van der Waals surface area contributed by atoms with Crippen LogP contribution >= 0.6 is 0 Å². The number of halogens is 2. The van der Waals surface area contributed by atoms with Gasteiger partial charge >= 0.3 is 0 Å². The third kappa shape index (κ3) is 7.64. The number of carbonyl (C=O) groups excluding carboxylic acids is 1. The van der Waals surface area contributed by atoms with Gasteiger partial charge in [-0.15, -0.1) is 0 Å². The second-order valence-corrected chi connectivity index (χ2v) is 2.74. The Bertz CT molecular complexity index is 403. The van der Waals surface area contributed by atoms with Crippen molar-refractivity contribution in [1.29, 1.82) is 5.41 Å². The summed E-state index contributed by atoms with van der Waals surface area (Å²) in [7, 11) is 1.27. The highest BCUT2D eigenvalue weighted by atomic mass is 19.1. The molecule has 6 heteroatoms. The smallest absolute Gasteiger partial charge is 0.290 e. The molecule has 0 bridgehead atoms. The van der Waals surface area contributed by atoms with Crippen LogP contribution in [0.15, 0.2) is 30.5 Å². The van der Waals surface area contributed by atoms with Crippen molar-refractivity contribution in [2.24, 2.45) is 0 Å². The maximum absolute atomic E-state index is 12.7. The highest BCUT2D eigenvalue weighted by Gasteiger charge is 2.08. The molecule has 0 heterocycles. The van der Waals surface area contributed by atoms with Crippen molar-refractivity contribution in [1.82, 2.24) is 0 Å². The molecule has 0 saturated heterocycles. The van der Waals surface area contributed by atoms with Gasteiger partial charge in [0.25, 0.3) is 5.91 Å². The lowest BCUT2D eigenvalue weighted by Crippen LogP contribution is -2.14. The Morgan fingerprint density at radius 2 is 1.63 bits per heavy atom. The monoisotopic (exact) mass is 272 g/mol. The molecule has 0 radical (unpaired) electrons. The molecule has 0 atom stereocenters. The van der Waals surface area contributed by atoms with E-state index < -0.39 is 17.5 Å². The minimum atomic E-state index is -0.770. The summed E-state index contributed by atoms with van der Waals surface area (Å²) in [4.78, 5) is 11.2. The van der Waals surface area contributed by atoms with Crippen molar-refractivity contribution in [3.63, 3.8) is 0 Å². The zero-order valence-electron chi connectivity index (χ0n) is 11.2. The first-order chi connectivity index (χ1) is 9.02. The Hall–Kier alpha value is -2.24. The van der Waals surface area contributed by atoms with Crippen LogP contribution in [0.3, 0.4) is 0 Å². The minimum Gasteiger partial charge on any atom is -0.492 e. The number of hydrogen-bond donors (Lipinski definition) is 2. The number of nitrogens with one attached hydrogen (secondary N) is 2. The van der Waals surface area contributed by atoms with Crippen LogP contribution in [0.25, 0.3) is 0 Å². The Balaban J connectivity index is 0. The lowest BCUT2D eigenvalue weighted by molar-refractivity contribution is -0.115. The van der Waals surface area contributed by atoms with E-state index in [1.165, 1.54) is 7.11 Å². The summed E-state index contributed by atoms with van der Waals surface area (Å²) in [5.41, 5.74) is 0.00991. The summed E-state index contributed by atoms with van der Waals surface area (Å²) >= 11 is 0. The average molecular weight is 272 g/mol. The van der Waals surface area contributed by atoms with E-state index in [-0.39, 0.29) is 11.4 Å². The number of methoxy groups -OCH3 is 1. The van der Waals surface area contributed by atoms with Gasteiger partial charge < -0.3 is 15.5 Å². The molecule has 0 aliphatic heterocycles. The number of anilines is 1. The van der Waals surface area contributed by atoms with E-state index in [2.05, 4.69) is 23.4 Å². The summed E-state index contributed by atoms with van der Waals surface area (Å²) < 4.78 is 30.0. The van der Waals surface area contributed by atoms with Crippen LogP contribution in [-0.4, -0.2) is 19.7 Å². The van der Waals surface area contributed by atoms with E-state index in [1.807, 2.05) is 13.8 Å². The largest absolute Gasteiger partial charge is 0.492 e. The summed E-state index contributed by atoms with van der Waals surface area (Å²) in [6.45, 7) is 9.79. The predicted molar refractivity (Wildman–Crippen MR) is 72.3 cm³/mol. The molecule has 0 fully saturated rings. The van der Waals surface area contributed by atoms with E-state index in [9.17, 15) is 13.6 Å². The van der Waals surface area contributed by atoms with E-state index in [4.69, 9.17) is 5.41 Å². The van der Waals surface area contributed by atoms with Crippen LogP contribution in [-0.2, 0) is 9.53 Å². The van der Waals surface area contributed by atoms with Gasteiger partial charge in [0.05, 0.1) is 7.11 Å². The Kier molecular flexibility index (Phi) is 10.9. The van der Waals surface area contributed by atoms with Gasteiger partial charge in [-0.3, -0.25) is 4.79 Å². The van der Waals surface area contributed by atoms with Gasteiger partial charge in [0, 0.05) is 11.8 Å². The van der Waals surface area contributed by atoms with Crippen molar-refractivity contribution in [3.05, 3.63) is 42.2 Å². The fourth-order valence-electron chi connectivity index (χ4n) is 0.920. The molecule has 19 heavy (non-hydrogen) atoms. The number of benzene rings is 1. The molecule has 0 aromatic heterocycles. The molecule has 106 valence electrons. The molecule has 4 nitrogen and oxygen atoms in total. The molecular weight excluding hydrogens is 254 g/mol. The SMILES string of the molecule is C=C(OC)C(=O)Nc1cc(F)cc(F)c1.C=N.CC. The first-order valence-electron chi connectivity index (χ1n) is 5.38. The Labute approximate surface area is 111 Å². The number of ether oxygens (including phenoxy) is 1. The van der Waals surface area contributed by atoms with Crippen molar-refractivity contribution in [2.75, 3.05) is 12.4 Å². The Morgan fingerprint density at radius 3 is 2.00 bits per heavy atom. The lowest BCUT2D eigenvalue weighted by Gasteiger charge is -2.06. The number of rotatable bonds is 3. The van der Waals surface area contributed by atoms with Crippen molar-refractivity contribution in [3.8, 4) is 0 Å². The fourth-order valence-corrected chi connectivity index (χ4v) is 0.920. The molecular formula is C13H18F2N2O2. The van der Waals surface area contributed by atoms with E-state index in [0.29, 0.717) is 6.07 Å². The van der Waals surface area contributed by atoms with Crippen molar-refractivity contribution in [2.45, 2.75) is 13.8 Å². The highest BCUT2D eigenvalue weighted by molar-refractivity contribution is 6.01. The second-order valence-electron chi connectivity index (χ2n) is 2.74. The van der Waals surface area contributed by atoms with Gasteiger partial charge in [-0.1, -0.05) is 20.4 Å². The molecule has 0 saturated carbocycles. The van der Waals surface area contributed by atoms with Gasteiger partial charge in [-0.25, -0.2) is 8.78 Å². The number of amides is 1. The van der Waals surface area contributed by atoms with Crippen molar-refractivity contribution < 1.29 is 18.3 Å². The van der Waals surface area contributed by atoms with Gasteiger partial charge in [0.2, 0.25) is 0 Å². The maximum atomic E-state index is 12.7. The van der Waals surface area contributed by atoms with E-state index in [1.54, 1.807) is 0 Å². The molecule has 1 rings (SSSR count). The highest BCUT2D eigenvalue weighted by Crippen LogP contribution is 2.13. The quantitative estimate of drug-likeness (QED) is 0.503. The molecule has 1 amide bonds. The molecule has 1 aromatic rings. The fraction of sp³-hybridized carbons (Fsp3) is 0.231. The predicted octanol–water partition coefficient (Wildman–Crippen LogP) is 3.36. The summed E-state index contributed by atoms with van der Waals surface area (Å²) in [5, 5.41) is 7.73. The number of hydrogen-bond acceptors (Lipinski definition) is 3. The first kappa shape index (κ1) is 19.1. The summed E-state index contributed by atoms with van der Waals surface area (Å²) in [6.07, 6.45) is 0. The van der Waals surface area contributed by atoms with Crippen LogP contribution in [0.2, 0.25) is 0 Å². The number of carbonyl (C=O) groups is 1. The van der Waals surface area contributed by atoms with Crippen LogP contribution in [0, 0.1) is 17.0 Å². The zero-order valence-corrected chi connectivity index (χ0v) is 11.2. The average Bonchev–Trinajstić information content (AvgIpc) is 2.41. The molecule has 0 aliphatic rings. The van der Waals surface area contributed by atoms with Gasteiger partial charge in [0.15, 0.2) is 5.76 Å². The molecule has 0 aliphatic carbocycles. The van der Waals surface area contributed by atoms with Gasteiger partial charge in [-0.2, -0.15) is 0 Å². The normalized spacial score (nSPS) is 8.05. The molecule has 1 aromatic carbocycles. The van der Waals surface area contributed by atoms with Crippen molar-refractivity contribution >= 4 is 18.3 Å². The molecule has 2 N–H and O–H groups in total. The summed E-state index contributed by atoms with van der Waals surface area (Å²) in [5.74, 6) is -2.33. The van der Waals surface area contributed by atoms with Crippen LogP contribution in [0.4, 0.5) is 14.5 Å². The molecule has 0 unspecified atom stereocenters. The second kappa shape index (κ2) is 10.9. The maximum Gasteiger partial charge on any atom is 0.290 e. The van der Waals surface area contributed by atoms with Crippen LogP contribution in [0.1, 0.15) is 13.8 Å². The lowest BCUT2D eigenvalue weighted by atomic mass is 10.3. The first-order valence-corrected chi connectivity index (χ1v) is 5.38. The van der Waals surface area contributed by atoms with Crippen LogP contribution in [0.5, 0.6) is 0 Å². The molecule has 0 spiro atoms. The summed E-state index contributed by atoms with van der Waals surface area (Å²) in [6, 6.07) is 2.69.